The van der Waals surface area contributed by atoms with Crippen molar-refractivity contribution < 1.29 is 14.6 Å². The van der Waals surface area contributed by atoms with Crippen LogP contribution in [0.15, 0.2) is 42.5 Å². The number of benzene rings is 2. The van der Waals surface area contributed by atoms with Crippen molar-refractivity contribution in [1.29, 1.82) is 0 Å². The lowest BCUT2D eigenvalue weighted by Gasteiger charge is -2.19. The van der Waals surface area contributed by atoms with Crippen molar-refractivity contribution in [3.8, 4) is 5.75 Å². The molecule has 0 aliphatic rings. The first-order chi connectivity index (χ1) is 9.99. The van der Waals surface area contributed by atoms with E-state index < -0.39 is 12.1 Å². The Kier molecular flexibility index (Phi) is 4.63. The van der Waals surface area contributed by atoms with Gasteiger partial charge in [-0.25, -0.2) is 4.79 Å². The van der Waals surface area contributed by atoms with Crippen LogP contribution in [0, 0.1) is 20.8 Å². The van der Waals surface area contributed by atoms with Crippen molar-refractivity contribution in [1.82, 2.24) is 0 Å². The fourth-order valence-corrected chi connectivity index (χ4v) is 2.38. The first kappa shape index (κ1) is 15.1. The largest absolute Gasteiger partial charge is 0.478 e. The highest BCUT2D eigenvalue weighted by Crippen LogP contribution is 2.21. The van der Waals surface area contributed by atoms with E-state index in [1.165, 1.54) is 0 Å². The molecule has 2 rings (SSSR count). The minimum absolute atomic E-state index is 0.363. The van der Waals surface area contributed by atoms with E-state index in [9.17, 15) is 9.90 Å². The maximum absolute atomic E-state index is 11.5. The standard InChI is InChI=1S/C18H20O3/c1-12-8-6-9-13(2)15(12)11-17(18(19)20)21-16-10-5-4-7-14(16)3/h4-10,17H,11H2,1-3H3,(H,19,20). The molecule has 1 N–H and O–H groups in total. The van der Waals surface area contributed by atoms with Gasteiger partial charge in [-0.2, -0.15) is 0 Å². The Morgan fingerprint density at radius 2 is 1.57 bits per heavy atom. The Hall–Kier alpha value is -2.29. The molecule has 0 aliphatic carbocycles. The molecule has 0 saturated carbocycles. The second-order valence-corrected chi connectivity index (χ2v) is 5.28. The molecule has 0 radical (unpaired) electrons. The van der Waals surface area contributed by atoms with Gasteiger partial charge in [-0.15, -0.1) is 0 Å². The Balaban J connectivity index is 2.25. The van der Waals surface area contributed by atoms with Gasteiger partial charge < -0.3 is 9.84 Å². The normalized spacial score (nSPS) is 12.0. The molecule has 21 heavy (non-hydrogen) atoms. The van der Waals surface area contributed by atoms with E-state index in [-0.39, 0.29) is 0 Å². The Labute approximate surface area is 125 Å². The van der Waals surface area contributed by atoms with E-state index in [1.54, 1.807) is 6.07 Å². The smallest absolute Gasteiger partial charge is 0.345 e. The summed E-state index contributed by atoms with van der Waals surface area (Å²) in [5.74, 6) is -0.322. The van der Waals surface area contributed by atoms with E-state index in [0.29, 0.717) is 12.2 Å². The van der Waals surface area contributed by atoms with E-state index in [4.69, 9.17) is 4.74 Å². The number of para-hydroxylation sites is 1. The minimum Gasteiger partial charge on any atom is -0.478 e. The molecule has 3 nitrogen and oxygen atoms in total. The summed E-state index contributed by atoms with van der Waals surface area (Å²) in [4.78, 5) is 11.5. The number of carboxylic acids is 1. The van der Waals surface area contributed by atoms with Crippen LogP contribution in [0.3, 0.4) is 0 Å². The van der Waals surface area contributed by atoms with Crippen LogP contribution in [0.5, 0.6) is 5.75 Å². The van der Waals surface area contributed by atoms with Crippen molar-refractivity contribution in [2.45, 2.75) is 33.3 Å². The van der Waals surface area contributed by atoms with Gasteiger partial charge in [0.25, 0.3) is 0 Å². The number of rotatable bonds is 5. The molecule has 0 saturated heterocycles. The van der Waals surface area contributed by atoms with E-state index in [2.05, 4.69) is 0 Å². The van der Waals surface area contributed by atoms with Crippen LogP contribution < -0.4 is 4.74 Å². The van der Waals surface area contributed by atoms with Gasteiger partial charge in [0.15, 0.2) is 6.10 Å². The topological polar surface area (TPSA) is 46.5 Å². The van der Waals surface area contributed by atoms with Crippen molar-refractivity contribution in [2.24, 2.45) is 0 Å². The number of ether oxygens (including phenoxy) is 1. The second-order valence-electron chi connectivity index (χ2n) is 5.28. The highest BCUT2D eigenvalue weighted by molar-refractivity contribution is 5.73. The van der Waals surface area contributed by atoms with Gasteiger partial charge >= 0.3 is 5.97 Å². The lowest BCUT2D eigenvalue weighted by atomic mass is 9.97. The van der Waals surface area contributed by atoms with Crippen LogP contribution in [0.2, 0.25) is 0 Å². The number of carboxylic acid groups (broad SMARTS) is 1. The molecule has 0 spiro atoms. The summed E-state index contributed by atoms with van der Waals surface area (Å²) in [5, 5.41) is 9.44. The maximum Gasteiger partial charge on any atom is 0.345 e. The monoisotopic (exact) mass is 284 g/mol. The molecule has 110 valence electrons. The van der Waals surface area contributed by atoms with Crippen LogP contribution in [0.25, 0.3) is 0 Å². The molecule has 3 heteroatoms. The first-order valence-electron chi connectivity index (χ1n) is 6.99. The van der Waals surface area contributed by atoms with E-state index >= 15 is 0 Å². The third-order valence-corrected chi connectivity index (χ3v) is 3.67. The molecule has 2 aromatic rings. The molecule has 0 bridgehead atoms. The fraction of sp³-hybridized carbons (Fsp3) is 0.278. The molecular formula is C18H20O3. The van der Waals surface area contributed by atoms with E-state index in [1.807, 2.05) is 57.2 Å². The molecule has 0 amide bonds. The number of aryl methyl sites for hydroxylation is 3. The predicted molar refractivity (Wildman–Crippen MR) is 82.9 cm³/mol. The van der Waals surface area contributed by atoms with Crippen LogP contribution >= 0.6 is 0 Å². The van der Waals surface area contributed by atoms with Gasteiger partial charge in [-0.3, -0.25) is 0 Å². The van der Waals surface area contributed by atoms with Crippen molar-refractivity contribution in [2.75, 3.05) is 0 Å². The molecule has 0 fully saturated rings. The van der Waals surface area contributed by atoms with Gasteiger partial charge in [0.05, 0.1) is 0 Å². The van der Waals surface area contributed by atoms with Crippen LogP contribution in [-0.2, 0) is 11.2 Å². The Bertz CT molecular complexity index is 626. The minimum atomic E-state index is -0.944. The molecule has 1 unspecified atom stereocenters. The van der Waals surface area contributed by atoms with Gasteiger partial charge in [0.1, 0.15) is 5.75 Å². The summed E-state index contributed by atoms with van der Waals surface area (Å²) in [6, 6.07) is 13.4. The maximum atomic E-state index is 11.5. The summed E-state index contributed by atoms with van der Waals surface area (Å²) in [7, 11) is 0. The molecule has 0 aliphatic heterocycles. The molecule has 0 aromatic heterocycles. The lowest BCUT2D eigenvalue weighted by molar-refractivity contribution is -0.145. The van der Waals surface area contributed by atoms with Gasteiger partial charge in [-0.1, -0.05) is 36.4 Å². The van der Waals surface area contributed by atoms with Crippen molar-refractivity contribution in [3.05, 3.63) is 64.7 Å². The van der Waals surface area contributed by atoms with Gasteiger partial charge in [0.2, 0.25) is 0 Å². The third kappa shape index (κ3) is 3.63. The summed E-state index contributed by atoms with van der Waals surface area (Å²) in [5.41, 5.74) is 4.16. The number of aliphatic carboxylic acids is 1. The highest BCUT2D eigenvalue weighted by atomic mass is 16.5. The lowest BCUT2D eigenvalue weighted by Crippen LogP contribution is -2.30. The second kappa shape index (κ2) is 6.44. The average Bonchev–Trinajstić information content (AvgIpc) is 2.43. The van der Waals surface area contributed by atoms with Gasteiger partial charge in [0, 0.05) is 6.42 Å². The quantitative estimate of drug-likeness (QED) is 0.911. The third-order valence-electron chi connectivity index (χ3n) is 3.67. The molecule has 1 atom stereocenters. The highest BCUT2D eigenvalue weighted by Gasteiger charge is 2.22. The molecule has 0 heterocycles. The SMILES string of the molecule is Cc1ccccc1OC(Cc1c(C)cccc1C)C(=O)O. The zero-order valence-electron chi connectivity index (χ0n) is 12.6. The van der Waals surface area contributed by atoms with E-state index in [0.717, 1.165) is 22.3 Å². The van der Waals surface area contributed by atoms with Gasteiger partial charge in [-0.05, 0) is 49.1 Å². The molecule has 2 aromatic carbocycles. The Morgan fingerprint density at radius 1 is 1.00 bits per heavy atom. The summed E-state index contributed by atoms with van der Waals surface area (Å²) in [6.07, 6.45) is -0.520. The average molecular weight is 284 g/mol. The zero-order valence-corrected chi connectivity index (χ0v) is 12.6. The first-order valence-corrected chi connectivity index (χ1v) is 6.99. The Morgan fingerprint density at radius 3 is 2.14 bits per heavy atom. The summed E-state index contributed by atoms with van der Waals surface area (Å²) < 4.78 is 5.72. The summed E-state index contributed by atoms with van der Waals surface area (Å²) >= 11 is 0. The number of carbonyl (C=O) groups is 1. The summed E-state index contributed by atoms with van der Waals surface area (Å²) in [6.45, 7) is 5.90. The van der Waals surface area contributed by atoms with Crippen molar-refractivity contribution >= 4 is 5.97 Å². The fourth-order valence-electron chi connectivity index (χ4n) is 2.38. The van der Waals surface area contributed by atoms with Crippen LogP contribution in [0.1, 0.15) is 22.3 Å². The number of hydrogen-bond donors (Lipinski definition) is 1. The van der Waals surface area contributed by atoms with Crippen molar-refractivity contribution in [3.63, 3.8) is 0 Å². The predicted octanol–water partition coefficient (Wildman–Crippen LogP) is 3.69. The van der Waals surface area contributed by atoms with Crippen LogP contribution in [0.4, 0.5) is 0 Å². The molecular weight excluding hydrogens is 264 g/mol. The van der Waals surface area contributed by atoms with Crippen LogP contribution in [-0.4, -0.2) is 17.2 Å². The zero-order chi connectivity index (χ0) is 15.4. The number of hydrogen-bond acceptors (Lipinski definition) is 2.